The number of anilines is 1. The van der Waals surface area contributed by atoms with Crippen LogP contribution in [-0.2, 0) is 28.6 Å². The molecular weight excluding hydrogens is 556 g/mol. The molecule has 13 heteroatoms. The van der Waals surface area contributed by atoms with Crippen molar-refractivity contribution >= 4 is 75.9 Å². The van der Waals surface area contributed by atoms with E-state index in [1.54, 1.807) is 24.3 Å². The molecule has 4 rings (SSSR count). The van der Waals surface area contributed by atoms with E-state index in [1.807, 2.05) is 0 Å². The maximum atomic E-state index is 13.9. The zero-order valence-electron chi connectivity index (χ0n) is 18.3. The summed E-state index contributed by atoms with van der Waals surface area (Å²) in [6.45, 7) is 0. The number of carbonyl (C=O) groups excluding carboxylic acids is 2. The van der Waals surface area contributed by atoms with E-state index in [9.17, 15) is 22.8 Å². The summed E-state index contributed by atoms with van der Waals surface area (Å²) >= 11 is 18.3. The molecule has 3 aromatic rings. The average Bonchev–Trinajstić information content (AvgIpc) is 3.12. The molecule has 0 aliphatic carbocycles. The number of hydrogen-bond donors (Lipinski definition) is 1. The van der Waals surface area contributed by atoms with E-state index in [0.717, 1.165) is 27.4 Å². The van der Waals surface area contributed by atoms with E-state index >= 15 is 0 Å². The largest absolute Gasteiger partial charge is 0.435 e. The highest BCUT2D eigenvalue weighted by Crippen LogP contribution is 2.39. The summed E-state index contributed by atoms with van der Waals surface area (Å²) in [5.74, 6) is -1.58. The zero-order valence-corrected chi connectivity index (χ0v) is 21.4. The minimum absolute atomic E-state index is 0.0986. The summed E-state index contributed by atoms with van der Waals surface area (Å²) in [6.07, 6.45) is -3.94. The summed E-state index contributed by atoms with van der Waals surface area (Å²) in [7, 11) is 1.35. The summed E-state index contributed by atoms with van der Waals surface area (Å²) < 4.78 is 42.7. The minimum Gasteiger partial charge on any atom is -0.298 e. The van der Waals surface area contributed by atoms with Crippen LogP contribution in [0.3, 0.4) is 0 Å². The van der Waals surface area contributed by atoms with Crippen LogP contribution < -0.4 is 10.2 Å². The summed E-state index contributed by atoms with van der Waals surface area (Å²) in [5, 5.41) is 6.73. The van der Waals surface area contributed by atoms with Gasteiger partial charge >= 0.3 is 6.18 Å². The third-order valence-corrected chi connectivity index (χ3v) is 7.21. The Morgan fingerprint density at radius 1 is 1.11 bits per heavy atom. The standard InChI is InChI=1S/C23H15Cl2F3N4O2S2/c1-31-21(36-11-12-4-2-3-5-17(12)25)15(18(30-31)23(26,27)28)10-16-19(33)29-22(35)32(20(16)34)14-8-6-13(24)7-9-14/h2-10H,11H2,1H3,(H,29,33,35). The van der Waals surface area contributed by atoms with Gasteiger partial charge in [0.2, 0.25) is 0 Å². The smallest absolute Gasteiger partial charge is 0.298 e. The van der Waals surface area contributed by atoms with Crippen molar-refractivity contribution in [2.75, 3.05) is 4.90 Å². The van der Waals surface area contributed by atoms with Gasteiger partial charge in [0.1, 0.15) is 10.6 Å². The van der Waals surface area contributed by atoms with Crippen LogP contribution in [0.5, 0.6) is 0 Å². The van der Waals surface area contributed by atoms with Gasteiger partial charge in [-0.1, -0.05) is 41.4 Å². The molecule has 1 aromatic heterocycles. The predicted octanol–water partition coefficient (Wildman–Crippen LogP) is 5.87. The van der Waals surface area contributed by atoms with Gasteiger partial charge in [0.15, 0.2) is 10.8 Å². The number of amides is 2. The van der Waals surface area contributed by atoms with Gasteiger partial charge in [-0.25, -0.2) is 0 Å². The number of hydrogen-bond acceptors (Lipinski definition) is 5. The van der Waals surface area contributed by atoms with Crippen LogP contribution in [-0.4, -0.2) is 26.7 Å². The quantitative estimate of drug-likeness (QED) is 0.180. The SMILES string of the molecule is Cn1nc(C(F)(F)F)c(C=C2C(=O)NC(=S)N(c3ccc(Cl)cc3)C2=O)c1SCc1ccccc1Cl. The molecule has 1 fully saturated rings. The Morgan fingerprint density at radius 2 is 1.78 bits per heavy atom. The molecule has 0 saturated carbocycles. The Hall–Kier alpha value is -2.86. The molecular formula is C23H15Cl2F3N4O2S2. The second-order valence-corrected chi connectivity index (χ2v) is 9.70. The first-order chi connectivity index (χ1) is 17.0. The molecule has 2 heterocycles. The highest BCUT2D eigenvalue weighted by Gasteiger charge is 2.40. The van der Waals surface area contributed by atoms with Crippen LogP contribution in [0.2, 0.25) is 10.0 Å². The molecule has 1 N–H and O–H groups in total. The molecule has 2 aromatic carbocycles. The molecule has 6 nitrogen and oxygen atoms in total. The van der Waals surface area contributed by atoms with Gasteiger partial charge < -0.3 is 0 Å². The van der Waals surface area contributed by atoms with Crippen LogP contribution in [0.4, 0.5) is 18.9 Å². The van der Waals surface area contributed by atoms with Crippen molar-refractivity contribution < 1.29 is 22.8 Å². The fourth-order valence-corrected chi connectivity index (χ4v) is 5.20. The molecule has 1 aliphatic rings. The van der Waals surface area contributed by atoms with Gasteiger partial charge in [0.25, 0.3) is 11.8 Å². The number of alkyl halides is 3. The number of rotatable bonds is 5. The maximum Gasteiger partial charge on any atom is 0.435 e. The van der Waals surface area contributed by atoms with E-state index < -0.39 is 34.8 Å². The van der Waals surface area contributed by atoms with E-state index in [2.05, 4.69) is 10.4 Å². The van der Waals surface area contributed by atoms with Gasteiger partial charge in [-0.05, 0) is 54.2 Å². The Labute approximate surface area is 223 Å². The monoisotopic (exact) mass is 570 g/mol. The van der Waals surface area contributed by atoms with Crippen LogP contribution in [0, 0.1) is 0 Å². The summed E-state index contributed by atoms with van der Waals surface area (Å²) in [6, 6.07) is 12.9. The second-order valence-electron chi connectivity index (χ2n) is 7.50. The highest BCUT2D eigenvalue weighted by molar-refractivity contribution is 7.98. The van der Waals surface area contributed by atoms with Gasteiger partial charge in [-0.3, -0.25) is 24.5 Å². The number of benzene rings is 2. The van der Waals surface area contributed by atoms with Crippen molar-refractivity contribution in [3.05, 3.63) is 81.0 Å². The van der Waals surface area contributed by atoms with Crippen LogP contribution >= 0.6 is 47.2 Å². The Morgan fingerprint density at radius 3 is 2.42 bits per heavy atom. The summed E-state index contributed by atoms with van der Waals surface area (Å²) in [5.41, 5.74) is -1.19. The molecule has 0 radical (unpaired) electrons. The van der Waals surface area contributed by atoms with Crippen molar-refractivity contribution in [3.63, 3.8) is 0 Å². The lowest BCUT2D eigenvalue weighted by Crippen LogP contribution is -2.54. The van der Waals surface area contributed by atoms with E-state index in [4.69, 9.17) is 35.4 Å². The van der Waals surface area contributed by atoms with Crippen molar-refractivity contribution in [1.82, 2.24) is 15.1 Å². The van der Waals surface area contributed by atoms with Crippen LogP contribution in [0.1, 0.15) is 16.8 Å². The maximum absolute atomic E-state index is 13.9. The molecule has 1 aliphatic heterocycles. The number of thioether (sulfide) groups is 1. The molecule has 36 heavy (non-hydrogen) atoms. The molecule has 0 atom stereocenters. The van der Waals surface area contributed by atoms with Gasteiger partial charge in [-0.15, -0.1) is 11.8 Å². The van der Waals surface area contributed by atoms with Crippen molar-refractivity contribution in [2.24, 2.45) is 7.05 Å². The molecule has 0 spiro atoms. The van der Waals surface area contributed by atoms with Crippen molar-refractivity contribution in [2.45, 2.75) is 17.0 Å². The number of aryl methyl sites for hydroxylation is 1. The first-order valence-corrected chi connectivity index (χ1v) is 12.3. The molecule has 0 bridgehead atoms. The Kier molecular flexibility index (Phi) is 7.46. The zero-order chi connectivity index (χ0) is 26.2. The summed E-state index contributed by atoms with van der Waals surface area (Å²) in [4.78, 5) is 27.0. The van der Waals surface area contributed by atoms with E-state index in [-0.39, 0.29) is 21.6 Å². The third-order valence-electron chi connectivity index (χ3n) is 5.10. The number of thiocarbonyl (C=S) groups is 1. The second kappa shape index (κ2) is 10.3. The van der Waals surface area contributed by atoms with Gasteiger partial charge in [0.05, 0.1) is 5.69 Å². The molecule has 0 unspecified atom stereocenters. The first kappa shape index (κ1) is 26.2. The van der Waals surface area contributed by atoms with Crippen molar-refractivity contribution in [3.8, 4) is 0 Å². The average molecular weight is 571 g/mol. The van der Waals surface area contributed by atoms with Crippen molar-refractivity contribution in [1.29, 1.82) is 0 Å². The fraction of sp³-hybridized carbons (Fsp3) is 0.130. The lowest BCUT2D eigenvalue weighted by molar-refractivity contribution is -0.141. The highest BCUT2D eigenvalue weighted by atomic mass is 35.5. The Bertz CT molecular complexity index is 1410. The topological polar surface area (TPSA) is 67.2 Å². The minimum atomic E-state index is -4.84. The number of aromatic nitrogens is 2. The first-order valence-electron chi connectivity index (χ1n) is 10.1. The van der Waals surface area contributed by atoms with Gasteiger partial charge in [0, 0.05) is 28.4 Å². The Balaban J connectivity index is 1.79. The molecule has 2 amide bonds. The fourth-order valence-electron chi connectivity index (χ4n) is 3.42. The lowest BCUT2D eigenvalue weighted by Gasteiger charge is -2.29. The number of halogens is 5. The van der Waals surface area contributed by atoms with Crippen LogP contribution in [0.15, 0.2) is 59.1 Å². The number of nitrogens with zero attached hydrogens (tertiary/aromatic N) is 3. The third kappa shape index (κ3) is 5.29. The van der Waals surface area contributed by atoms with Gasteiger partial charge in [-0.2, -0.15) is 18.3 Å². The number of nitrogens with one attached hydrogen (secondary N) is 1. The van der Waals surface area contributed by atoms with E-state index in [0.29, 0.717) is 15.6 Å². The van der Waals surface area contributed by atoms with Crippen LogP contribution in [0.25, 0.3) is 6.08 Å². The predicted molar refractivity (Wildman–Crippen MR) is 137 cm³/mol. The number of carbonyl (C=O) groups is 2. The van der Waals surface area contributed by atoms with E-state index in [1.165, 1.54) is 31.3 Å². The lowest BCUT2D eigenvalue weighted by atomic mass is 10.1. The normalized spacial score (nSPS) is 15.6. The molecule has 186 valence electrons. The molecule has 1 saturated heterocycles.